The van der Waals surface area contributed by atoms with E-state index in [9.17, 15) is 10.1 Å². The third-order valence-corrected chi connectivity index (χ3v) is 8.54. The number of allylic oxidation sites excluding steroid dienone is 3. The molecule has 0 saturated heterocycles. The Bertz CT molecular complexity index is 1320. The quantitative estimate of drug-likeness (QED) is 0.450. The van der Waals surface area contributed by atoms with Gasteiger partial charge in [0.25, 0.3) is 0 Å². The number of thiophene rings is 1. The lowest BCUT2D eigenvalue weighted by Crippen LogP contribution is -2.40. The number of carbonyl (C=O) groups excluding carboxylic acids is 1. The van der Waals surface area contributed by atoms with E-state index in [1.165, 1.54) is 0 Å². The molecule has 1 aromatic carbocycles. The number of nitrogens with two attached hydrogens (primary N) is 1. The largest absolute Gasteiger partial charge is 0.384 e. The molecule has 5 rings (SSSR count). The van der Waals surface area contributed by atoms with E-state index in [0.29, 0.717) is 29.8 Å². The molecule has 0 fully saturated rings. The summed E-state index contributed by atoms with van der Waals surface area (Å²) in [5, 5.41) is 12.3. The van der Waals surface area contributed by atoms with Crippen LogP contribution in [0.15, 0.2) is 93.2 Å². The van der Waals surface area contributed by atoms with E-state index in [2.05, 4.69) is 30.1 Å². The lowest BCUT2D eigenvalue weighted by molar-refractivity contribution is -0.116. The first-order chi connectivity index (χ1) is 16.6. The second kappa shape index (κ2) is 9.49. The van der Waals surface area contributed by atoms with Gasteiger partial charge in [-0.3, -0.25) is 14.7 Å². The summed E-state index contributed by atoms with van der Waals surface area (Å²) in [4.78, 5) is 20.0. The van der Waals surface area contributed by atoms with Gasteiger partial charge in [0.05, 0.1) is 33.7 Å². The molecular formula is C27H24N4OS2. The van der Waals surface area contributed by atoms with Gasteiger partial charge in [0, 0.05) is 23.9 Å². The zero-order valence-corrected chi connectivity index (χ0v) is 20.4. The van der Waals surface area contributed by atoms with Crippen LogP contribution in [-0.4, -0.2) is 16.5 Å². The highest BCUT2D eigenvalue weighted by Gasteiger charge is 2.43. The molecule has 0 spiro atoms. The number of ketones is 1. The van der Waals surface area contributed by atoms with Crippen molar-refractivity contribution in [3.8, 4) is 6.07 Å². The number of nitriles is 1. The van der Waals surface area contributed by atoms with Crippen molar-refractivity contribution in [2.45, 2.75) is 35.8 Å². The Kier molecular flexibility index (Phi) is 6.27. The number of hydrogen-bond donors (Lipinski definition) is 1. The summed E-state index contributed by atoms with van der Waals surface area (Å²) in [6, 6.07) is 18.3. The number of aromatic nitrogens is 1. The number of benzene rings is 1. The Hall–Kier alpha value is -3.34. The molecule has 0 radical (unpaired) electrons. The van der Waals surface area contributed by atoms with Crippen LogP contribution in [0.3, 0.4) is 0 Å². The summed E-state index contributed by atoms with van der Waals surface area (Å²) in [7, 11) is 0. The number of carbonyl (C=O) groups is 1. The van der Waals surface area contributed by atoms with Gasteiger partial charge >= 0.3 is 0 Å². The smallest absolute Gasteiger partial charge is 0.162 e. The molecule has 2 atom stereocenters. The zero-order chi connectivity index (χ0) is 23.7. The zero-order valence-electron chi connectivity index (χ0n) is 18.8. The van der Waals surface area contributed by atoms with Crippen molar-refractivity contribution >= 4 is 34.6 Å². The highest BCUT2D eigenvalue weighted by atomic mass is 32.2. The molecule has 2 aliphatic rings. The third-order valence-electron chi connectivity index (χ3n) is 6.39. The summed E-state index contributed by atoms with van der Waals surface area (Å²) in [5.74, 6) is 0.972. The molecule has 2 N–H and O–H groups in total. The fraction of sp³-hybridized carbons (Fsp3) is 0.222. The number of Topliss-reactive ketones (excluding diaryl/α,β-unsaturated/α-hetero) is 1. The van der Waals surface area contributed by atoms with Gasteiger partial charge in [-0.25, -0.2) is 0 Å². The molecular weight excluding hydrogens is 460 g/mol. The average Bonchev–Trinajstić information content (AvgIpc) is 3.32. The predicted octanol–water partition coefficient (Wildman–Crippen LogP) is 5.95. The Morgan fingerprint density at radius 3 is 2.74 bits per heavy atom. The van der Waals surface area contributed by atoms with E-state index >= 15 is 0 Å². The van der Waals surface area contributed by atoms with Crippen LogP contribution in [0.1, 0.15) is 42.7 Å². The monoisotopic (exact) mass is 484 g/mol. The summed E-state index contributed by atoms with van der Waals surface area (Å²) in [6.45, 7) is 2.11. The van der Waals surface area contributed by atoms with Crippen LogP contribution in [0.4, 0.5) is 5.69 Å². The van der Waals surface area contributed by atoms with Crippen LogP contribution < -0.4 is 10.6 Å². The molecule has 1 aliphatic heterocycles. The molecule has 34 heavy (non-hydrogen) atoms. The van der Waals surface area contributed by atoms with E-state index < -0.39 is 5.92 Å². The summed E-state index contributed by atoms with van der Waals surface area (Å²) in [6.07, 6.45) is 4.51. The minimum atomic E-state index is -0.447. The molecule has 3 aromatic rings. The maximum atomic E-state index is 13.9. The van der Waals surface area contributed by atoms with Gasteiger partial charge < -0.3 is 5.73 Å². The summed E-state index contributed by atoms with van der Waals surface area (Å²) < 4.78 is 1.13. The maximum Gasteiger partial charge on any atom is 0.162 e. The number of anilines is 1. The molecule has 5 nitrogen and oxygen atoms in total. The minimum absolute atomic E-state index is 0.0515. The molecule has 0 bridgehead atoms. The topological polar surface area (TPSA) is 83.0 Å². The number of hydrogen-bond acceptors (Lipinski definition) is 7. The molecule has 0 amide bonds. The van der Waals surface area contributed by atoms with Crippen LogP contribution in [0.25, 0.3) is 0 Å². The Balaban J connectivity index is 1.72. The van der Waals surface area contributed by atoms with Crippen molar-refractivity contribution in [1.29, 1.82) is 5.26 Å². The van der Waals surface area contributed by atoms with Gasteiger partial charge in [0.2, 0.25) is 0 Å². The summed E-state index contributed by atoms with van der Waals surface area (Å²) in [5.41, 5.74) is 11.6. The number of pyridine rings is 1. The third kappa shape index (κ3) is 3.83. The van der Waals surface area contributed by atoms with Crippen molar-refractivity contribution in [1.82, 2.24) is 4.98 Å². The SMILES string of the molecule is CCSc1sccc1[C@@H]1C(C#N)=C(N)N(c2cccnc2)C2=C1C(=O)C[C@H](c1ccccc1)C2. The fourth-order valence-electron chi connectivity index (χ4n) is 4.95. The van der Waals surface area contributed by atoms with Crippen LogP contribution in [-0.2, 0) is 4.79 Å². The molecule has 7 heteroatoms. The molecule has 0 unspecified atom stereocenters. The van der Waals surface area contributed by atoms with Gasteiger partial charge in [-0.1, -0.05) is 37.3 Å². The Labute approximate surface area is 207 Å². The van der Waals surface area contributed by atoms with E-state index in [1.807, 2.05) is 46.7 Å². The Morgan fingerprint density at radius 2 is 2.03 bits per heavy atom. The van der Waals surface area contributed by atoms with Gasteiger partial charge in [0.15, 0.2) is 5.78 Å². The lowest BCUT2D eigenvalue weighted by Gasteiger charge is -2.41. The molecule has 0 saturated carbocycles. The van der Waals surface area contributed by atoms with Crippen molar-refractivity contribution in [2.24, 2.45) is 5.73 Å². The van der Waals surface area contributed by atoms with E-state index in [1.54, 1.807) is 35.5 Å². The first-order valence-corrected chi connectivity index (χ1v) is 13.1. The van der Waals surface area contributed by atoms with Gasteiger partial charge in [-0.15, -0.1) is 23.1 Å². The fourth-order valence-corrected chi connectivity index (χ4v) is 7.02. The van der Waals surface area contributed by atoms with Gasteiger partial charge in [-0.05, 0) is 52.8 Å². The predicted molar refractivity (Wildman–Crippen MR) is 137 cm³/mol. The maximum absolute atomic E-state index is 13.9. The normalized spacial score (nSPS) is 20.4. The number of nitrogens with zero attached hydrogens (tertiary/aromatic N) is 3. The van der Waals surface area contributed by atoms with Crippen molar-refractivity contribution in [3.05, 3.63) is 100 Å². The van der Waals surface area contributed by atoms with Crippen molar-refractivity contribution < 1.29 is 4.79 Å². The van der Waals surface area contributed by atoms with Crippen molar-refractivity contribution in [3.63, 3.8) is 0 Å². The molecule has 3 heterocycles. The molecule has 170 valence electrons. The first kappa shape index (κ1) is 22.5. The van der Waals surface area contributed by atoms with E-state index in [4.69, 9.17) is 5.73 Å². The van der Waals surface area contributed by atoms with E-state index in [0.717, 1.165) is 32.5 Å². The Morgan fingerprint density at radius 1 is 1.21 bits per heavy atom. The second-order valence-electron chi connectivity index (χ2n) is 8.29. The van der Waals surface area contributed by atoms with Crippen LogP contribution >= 0.6 is 23.1 Å². The van der Waals surface area contributed by atoms with Crippen molar-refractivity contribution in [2.75, 3.05) is 10.7 Å². The van der Waals surface area contributed by atoms with Crippen LogP contribution in [0, 0.1) is 11.3 Å². The summed E-state index contributed by atoms with van der Waals surface area (Å²) >= 11 is 3.39. The highest BCUT2D eigenvalue weighted by Crippen LogP contribution is 2.51. The standard InChI is InChI=1S/C27H24N4OS2/c1-2-33-27-20(10-12-34-27)24-21(15-28)26(29)31(19-9-6-11-30-16-19)22-13-18(14-23(32)25(22)24)17-7-4-3-5-8-17/h3-12,16,18,24H,2,13-14,29H2,1H3/t18-,24-/m1/s1. The van der Waals surface area contributed by atoms with Gasteiger partial charge in [0.1, 0.15) is 5.82 Å². The van der Waals surface area contributed by atoms with Crippen LogP contribution in [0.5, 0.6) is 0 Å². The minimum Gasteiger partial charge on any atom is -0.384 e. The molecule has 2 aromatic heterocycles. The van der Waals surface area contributed by atoms with Gasteiger partial charge in [-0.2, -0.15) is 5.26 Å². The molecule has 1 aliphatic carbocycles. The highest BCUT2D eigenvalue weighted by molar-refractivity contribution is 8.01. The number of rotatable bonds is 5. The lowest BCUT2D eigenvalue weighted by atomic mass is 9.72. The average molecular weight is 485 g/mol. The first-order valence-electron chi connectivity index (χ1n) is 11.2. The number of thioether (sulfide) groups is 1. The second-order valence-corrected chi connectivity index (χ2v) is 10.7. The van der Waals surface area contributed by atoms with E-state index in [-0.39, 0.29) is 11.7 Å². The van der Waals surface area contributed by atoms with Crippen LogP contribution in [0.2, 0.25) is 0 Å².